The molecule has 1 aliphatic rings. The van der Waals surface area contributed by atoms with Crippen LogP contribution < -0.4 is 10.6 Å². The molecule has 90 valence electrons. The number of carbonyl (C=O) groups excluding carboxylic acids is 1. The van der Waals surface area contributed by atoms with Crippen molar-refractivity contribution in [3.05, 3.63) is 53.9 Å². The molecule has 4 nitrogen and oxygen atoms in total. The van der Waals surface area contributed by atoms with E-state index in [9.17, 15) is 4.79 Å². The molecule has 0 radical (unpaired) electrons. The van der Waals surface area contributed by atoms with Crippen molar-refractivity contribution < 1.29 is 4.79 Å². The Morgan fingerprint density at radius 3 is 2.89 bits per heavy atom. The van der Waals surface area contributed by atoms with Gasteiger partial charge in [-0.3, -0.25) is 9.78 Å². The predicted octanol–water partition coefficient (Wildman–Crippen LogP) is 2.30. The highest BCUT2D eigenvalue weighted by Crippen LogP contribution is 2.25. The van der Waals surface area contributed by atoms with Crippen LogP contribution in [0.5, 0.6) is 0 Å². The van der Waals surface area contributed by atoms with E-state index in [1.807, 2.05) is 18.2 Å². The Bertz CT molecular complexity index is 581. The number of carbonyl (C=O) groups is 1. The van der Waals surface area contributed by atoms with Gasteiger partial charge in [0.2, 0.25) is 0 Å². The van der Waals surface area contributed by atoms with E-state index in [0.717, 1.165) is 24.3 Å². The zero-order valence-corrected chi connectivity index (χ0v) is 9.81. The smallest absolute Gasteiger partial charge is 0.255 e. The minimum Gasteiger partial charge on any atom is -0.384 e. The van der Waals surface area contributed by atoms with Crippen LogP contribution in [0.1, 0.15) is 15.9 Å². The molecule has 0 bridgehead atoms. The number of hydrogen-bond acceptors (Lipinski definition) is 3. The molecule has 2 N–H and O–H groups in total. The van der Waals surface area contributed by atoms with Gasteiger partial charge in [-0.2, -0.15) is 0 Å². The largest absolute Gasteiger partial charge is 0.384 e. The normalized spacial score (nSPS) is 12.7. The first-order chi connectivity index (χ1) is 8.83. The summed E-state index contributed by atoms with van der Waals surface area (Å²) < 4.78 is 0. The van der Waals surface area contributed by atoms with Gasteiger partial charge in [-0.15, -0.1) is 0 Å². The second-order valence-corrected chi connectivity index (χ2v) is 4.24. The van der Waals surface area contributed by atoms with Crippen LogP contribution >= 0.6 is 0 Å². The molecule has 0 saturated carbocycles. The number of nitrogens with zero attached hydrogens (tertiary/aromatic N) is 1. The molecule has 0 unspecified atom stereocenters. The predicted molar refractivity (Wildman–Crippen MR) is 70.8 cm³/mol. The van der Waals surface area contributed by atoms with Crippen molar-refractivity contribution in [2.45, 2.75) is 6.42 Å². The van der Waals surface area contributed by atoms with Gasteiger partial charge in [0.1, 0.15) is 0 Å². The lowest BCUT2D eigenvalue weighted by molar-refractivity contribution is 0.102. The van der Waals surface area contributed by atoms with Gasteiger partial charge in [0.15, 0.2) is 0 Å². The van der Waals surface area contributed by atoms with Crippen LogP contribution in [-0.2, 0) is 6.42 Å². The maximum atomic E-state index is 12.0. The van der Waals surface area contributed by atoms with Gasteiger partial charge in [0, 0.05) is 35.9 Å². The summed E-state index contributed by atoms with van der Waals surface area (Å²) in [7, 11) is 0. The molecule has 1 aliphatic heterocycles. The summed E-state index contributed by atoms with van der Waals surface area (Å²) in [4.78, 5) is 15.9. The number of benzene rings is 1. The van der Waals surface area contributed by atoms with Crippen LogP contribution in [0.3, 0.4) is 0 Å². The van der Waals surface area contributed by atoms with Gasteiger partial charge in [-0.1, -0.05) is 0 Å². The van der Waals surface area contributed by atoms with Crippen LogP contribution in [0, 0.1) is 0 Å². The highest BCUT2D eigenvalue weighted by Gasteiger charge is 2.11. The fraction of sp³-hybridized carbons (Fsp3) is 0.143. The molecule has 1 aromatic carbocycles. The third-order valence-corrected chi connectivity index (χ3v) is 3.02. The molecular weight excluding hydrogens is 226 g/mol. The highest BCUT2D eigenvalue weighted by atomic mass is 16.1. The van der Waals surface area contributed by atoms with E-state index in [0.29, 0.717) is 5.56 Å². The molecule has 1 aromatic heterocycles. The van der Waals surface area contributed by atoms with E-state index >= 15 is 0 Å². The van der Waals surface area contributed by atoms with E-state index in [4.69, 9.17) is 0 Å². The maximum absolute atomic E-state index is 12.0. The second kappa shape index (κ2) is 4.49. The van der Waals surface area contributed by atoms with Gasteiger partial charge < -0.3 is 10.6 Å². The van der Waals surface area contributed by atoms with Crippen molar-refractivity contribution >= 4 is 17.3 Å². The quantitative estimate of drug-likeness (QED) is 0.845. The third-order valence-electron chi connectivity index (χ3n) is 3.02. The summed E-state index contributed by atoms with van der Waals surface area (Å²) in [5, 5.41) is 6.18. The fourth-order valence-electron chi connectivity index (χ4n) is 2.09. The number of aromatic nitrogens is 1. The van der Waals surface area contributed by atoms with Gasteiger partial charge in [0.25, 0.3) is 5.91 Å². The number of pyridine rings is 1. The molecule has 2 heterocycles. The average Bonchev–Trinajstić information content (AvgIpc) is 2.87. The molecule has 0 fully saturated rings. The summed E-state index contributed by atoms with van der Waals surface area (Å²) in [5.41, 5.74) is 3.86. The topological polar surface area (TPSA) is 54.0 Å². The Labute approximate surface area is 105 Å². The summed E-state index contributed by atoms with van der Waals surface area (Å²) >= 11 is 0. The Morgan fingerprint density at radius 2 is 2.06 bits per heavy atom. The molecule has 2 aromatic rings. The number of anilines is 2. The lowest BCUT2D eigenvalue weighted by atomic mass is 10.1. The van der Waals surface area contributed by atoms with Crippen LogP contribution in [-0.4, -0.2) is 17.4 Å². The van der Waals surface area contributed by atoms with Crippen LogP contribution in [0.4, 0.5) is 11.4 Å². The van der Waals surface area contributed by atoms with Crippen LogP contribution in [0.2, 0.25) is 0 Å². The van der Waals surface area contributed by atoms with E-state index in [1.165, 1.54) is 5.56 Å². The Kier molecular flexibility index (Phi) is 2.68. The Morgan fingerprint density at radius 1 is 1.22 bits per heavy atom. The average molecular weight is 239 g/mol. The van der Waals surface area contributed by atoms with E-state index in [-0.39, 0.29) is 5.91 Å². The molecule has 3 rings (SSSR count). The monoisotopic (exact) mass is 239 g/mol. The van der Waals surface area contributed by atoms with Crippen molar-refractivity contribution in [2.75, 3.05) is 17.2 Å². The van der Waals surface area contributed by atoms with Crippen molar-refractivity contribution in [1.82, 2.24) is 4.98 Å². The Balaban J connectivity index is 1.79. The lowest BCUT2D eigenvalue weighted by Crippen LogP contribution is -2.11. The molecule has 0 aliphatic carbocycles. The van der Waals surface area contributed by atoms with Crippen molar-refractivity contribution in [3.63, 3.8) is 0 Å². The molecule has 1 amide bonds. The van der Waals surface area contributed by atoms with Crippen LogP contribution in [0.25, 0.3) is 0 Å². The number of amides is 1. The van der Waals surface area contributed by atoms with Gasteiger partial charge in [-0.05, 0) is 42.3 Å². The summed E-state index contributed by atoms with van der Waals surface area (Å²) in [5.74, 6) is -0.108. The Hall–Kier alpha value is -2.36. The fourth-order valence-corrected chi connectivity index (χ4v) is 2.09. The zero-order chi connectivity index (χ0) is 12.4. The van der Waals surface area contributed by atoms with Crippen molar-refractivity contribution in [3.8, 4) is 0 Å². The molecule has 0 atom stereocenters. The van der Waals surface area contributed by atoms with Crippen molar-refractivity contribution in [2.24, 2.45) is 0 Å². The molecular formula is C14H13N3O. The minimum atomic E-state index is -0.108. The minimum absolute atomic E-state index is 0.108. The number of nitrogens with one attached hydrogen (secondary N) is 2. The first-order valence-corrected chi connectivity index (χ1v) is 5.91. The number of hydrogen-bond donors (Lipinski definition) is 2. The molecule has 0 spiro atoms. The SMILES string of the molecule is O=C(Nc1ccc2c(c1)CCN2)c1ccncc1. The zero-order valence-electron chi connectivity index (χ0n) is 9.81. The first kappa shape index (κ1) is 10.8. The number of fused-ring (bicyclic) bond motifs is 1. The summed E-state index contributed by atoms with van der Waals surface area (Å²) in [6.45, 7) is 0.969. The molecule has 4 heteroatoms. The third kappa shape index (κ3) is 2.05. The molecule has 18 heavy (non-hydrogen) atoms. The van der Waals surface area contributed by atoms with E-state index in [2.05, 4.69) is 15.6 Å². The van der Waals surface area contributed by atoms with Crippen LogP contribution in [0.15, 0.2) is 42.7 Å². The lowest BCUT2D eigenvalue weighted by Gasteiger charge is -2.07. The first-order valence-electron chi connectivity index (χ1n) is 5.91. The summed E-state index contributed by atoms with van der Waals surface area (Å²) in [6, 6.07) is 9.34. The van der Waals surface area contributed by atoms with E-state index in [1.54, 1.807) is 24.5 Å². The second-order valence-electron chi connectivity index (χ2n) is 4.24. The number of rotatable bonds is 2. The van der Waals surface area contributed by atoms with Gasteiger partial charge >= 0.3 is 0 Å². The van der Waals surface area contributed by atoms with Gasteiger partial charge in [0.05, 0.1) is 0 Å². The van der Waals surface area contributed by atoms with Gasteiger partial charge in [-0.25, -0.2) is 0 Å². The maximum Gasteiger partial charge on any atom is 0.255 e. The standard InChI is InChI=1S/C14H13N3O/c18-14(10-3-6-15-7-4-10)17-12-1-2-13-11(9-12)5-8-16-13/h1-4,6-7,9,16H,5,8H2,(H,17,18). The highest BCUT2D eigenvalue weighted by molar-refractivity contribution is 6.04. The molecule has 0 saturated heterocycles. The van der Waals surface area contributed by atoms with Crippen molar-refractivity contribution in [1.29, 1.82) is 0 Å². The van der Waals surface area contributed by atoms with E-state index < -0.39 is 0 Å². The summed E-state index contributed by atoms with van der Waals surface area (Å²) in [6.07, 6.45) is 4.23.